The number of alkyl halides is 1. The Morgan fingerprint density at radius 1 is 0.714 bits per heavy atom. The summed E-state index contributed by atoms with van der Waals surface area (Å²) in [4.78, 5) is 0. The predicted octanol–water partition coefficient (Wildman–Crippen LogP) is 5.09. The van der Waals surface area contributed by atoms with Gasteiger partial charge >= 0.3 is 0 Å². The van der Waals surface area contributed by atoms with Gasteiger partial charge in [-0.15, -0.1) is 0 Å². The fourth-order valence-electron chi connectivity index (χ4n) is 3.35. The SMILES string of the molecule is IC1CCC2(CCCCCCC2)CC1. The van der Waals surface area contributed by atoms with Crippen molar-refractivity contribution in [2.75, 3.05) is 0 Å². The normalized spacial score (nSPS) is 29.8. The number of halogens is 1. The van der Waals surface area contributed by atoms with Gasteiger partial charge in [-0.3, -0.25) is 0 Å². The third-order valence-electron chi connectivity index (χ3n) is 4.39. The summed E-state index contributed by atoms with van der Waals surface area (Å²) in [5.41, 5.74) is 0.808. The summed E-state index contributed by atoms with van der Waals surface area (Å²) in [5, 5.41) is 0. The molecule has 1 heteroatoms. The molecule has 2 rings (SSSR count). The highest BCUT2D eigenvalue weighted by molar-refractivity contribution is 14.1. The molecule has 2 fully saturated rings. The maximum Gasteiger partial charge on any atom is 0.0110 e. The zero-order valence-corrected chi connectivity index (χ0v) is 11.4. The third kappa shape index (κ3) is 2.86. The van der Waals surface area contributed by atoms with E-state index in [0.29, 0.717) is 0 Å². The lowest BCUT2D eigenvalue weighted by Crippen LogP contribution is -2.28. The minimum atomic E-state index is 0.808. The zero-order chi connectivity index (χ0) is 9.86. The highest BCUT2D eigenvalue weighted by Crippen LogP contribution is 2.47. The van der Waals surface area contributed by atoms with Crippen molar-refractivity contribution in [1.82, 2.24) is 0 Å². The molecule has 2 aliphatic rings. The van der Waals surface area contributed by atoms with E-state index in [9.17, 15) is 0 Å². The van der Waals surface area contributed by atoms with Gasteiger partial charge in [-0.05, 0) is 43.9 Å². The van der Waals surface area contributed by atoms with Crippen LogP contribution in [0.3, 0.4) is 0 Å². The minimum absolute atomic E-state index is 0.808. The topological polar surface area (TPSA) is 0 Å². The van der Waals surface area contributed by atoms with Crippen LogP contribution in [-0.4, -0.2) is 3.92 Å². The fourth-order valence-corrected chi connectivity index (χ4v) is 3.97. The van der Waals surface area contributed by atoms with Crippen LogP contribution in [0.25, 0.3) is 0 Å². The molecule has 0 bridgehead atoms. The van der Waals surface area contributed by atoms with E-state index in [2.05, 4.69) is 22.6 Å². The van der Waals surface area contributed by atoms with Gasteiger partial charge in [0.25, 0.3) is 0 Å². The molecule has 0 N–H and O–H groups in total. The first-order valence-electron chi connectivity index (χ1n) is 6.45. The number of hydrogen-bond acceptors (Lipinski definition) is 0. The van der Waals surface area contributed by atoms with Crippen LogP contribution >= 0.6 is 22.6 Å². The maximum atomic E-state index is 2.65. The van der Waals surface area contributed by atoms with Crippen LogP contribution in [0.1, 0.15) is 70.6 Å². The Labute approximate surface area is 102 Å². The molecular weight excluding hydrogens is 283 g/mol. The van der Waals surface area contributed by atoms with Gasteiger partial charge in [0.05, 0.1) is 0 Å². The molecule has 82 valence electrons. The van der Waals surface area contributed by atoms with Crippen molar-refractivity contribution < 1.29 is 0 Å². The molecule has 14 heavy (non-hydrogen) atoms. The average Bonchev–Trinajstić information content (AvgIpc) is 2.16. The molecule has 0 nitrogen and oxygen atoms in total. The van der Waals surface area contributed by atoms with Crippen molar-refractivity contribution in [1.29, 1.82) is 0 Å². The lowest BCUT2D eigenvalue weighted by Gasteiger charge is -2.40. The molecule has 0 aromatic heterocycles. The van der Waals surface area contributed by atoms with E-state index in [4.69, 9.17) is 0 Å². The highest BCUT2D eigenvalue weighted by Gasteiger charge is 2.33. The summed E-state index contributed by atoms with van der Waals surface area (Å²) < 4.78 is 0.990. The van der Waals surface area contributed by atoms with Gasteiger partial charge in [0.1, 0.15) is 0 Å². The van der Waals surface area contributed by atoms with Crippen LogP contribution < -0.4 is 0 Å². The van der Waals surface area contributed by atoms with Crippen LogP contribution in [0.5, 0.6) is 0 Å². The molecule has 0 aromatic carbocycles. The minimum Gasteiger partial charge on any atom is -0.0826 e. The van der Waals surface area contributed by atoms with Crippen molar-refractivity contribution in [3.05, 3.63) is 0 Å². The van der Waals surface area contributed by atoms with Gasteiger partial charge in [0.15, 0.2) is 0 Å². The summed E-state index contributed by atoms with van der Waals surface area (Å²) in [6.45, 7) is 0. The molecule has 0 aliphatic heterocycles. The Bertz CT molecular complexity index is 151. The quantitative estimate of drug-likeness (QED) is 0.432. The molecule has 2 saturated carbocycles. The summed E-state index contributed by atoms with van der Waals surface area (Å²) in [7, 11) is 0. The van der Waals surface area contributed by atoms with Crippen molar-refractivity contribution in [3.8, 4) is 0 Å². The number of rotatable bonds is 0. The van der Waals surface area contributed by atoms with Gasteiger partial charge in [0.2, 0.25) is 0 Å². The molecule has 0 amide bonds. The molecular formula is C13H23I. The van der Waals surface area contributed by atoms with Gasteiger partial charge < -0.3 is 0 Å². The van der Waals surface area contributed by atoms with Crippen LogP contribution in [0.2, 0.25) is 0 Å². The van der Waals surface area contributed by atoms with E-state index in [0.717, 1.165) is 9.34 Å². The first-order valence-corrected chi connectivity index (χ1v) is 7.69. The van der Waals surface area contributed by atoms with Crippen molar-refractivity contribution in [2.45, 2.75) is 74.6 Å². The Morgan fingerprint density at radius 3 is 1.79 bits per heavy atom. The van der Waals surface area contributed by atoms with Gasteiger partial charge in [-0.2, -0.15) is 0 Å². The Balaban J connectivity index is 1.91. The lowest BCUT2D eigenvalue weighted by atomic mass is 9.67. The first kappa shape index (κ1) is 11.2. The molecule has 0 unspecified atom stereocenters. The summed E-state index contributed by atoms with van der Waals surface area (Å²) in [5.74, 6) is 0. The Hall–Kier alpha value is 0.730. The van der Waals surface area contributed by atoms with E-state index in [-0.39, 0.29) is 0 Å². The molecule has 2 aliphatic carbocycles. The van der Waals surface area contributed by atoms with Crippen LogP contribution in [0.4, 0.5) is 0 Å². The third-order valence-corrected chi connectivity index (χ3v) is 5.64. The summed E-state index contributed by atoms with van der Waals surface area (Å²) in [6, 6.07) is 0. The summed E-state index contributed by atoms with van der Waals surface area (Å²) >= 11 is 2.65. The standard InChI is InChI=1S/C13H23I/c14-12-6-10-13(11-7-12)8-4-2-1-3-5-9-13/h12H,1-11H2. The van der Waals surface area contributed by atoms with Crippen LogP contribution in [0.15, 0.2) is 0 Å². The largest absolute Gasteiger partial charge is 0.0826 e. The molecule has 0 aromatic rings. The average molecular weight is 306 g/mol. The number of hydrogen-bond donors (Lipinski definition) is 0. The fraction of sp³-hybridized carbons (Fsp3) is 1.00. The molecule has 0 saturated heterocycles. The summed E-state index contributed by atoms with van der Waals surface area (Å²) in [6.07, 6.45) is 16.8. The molecule has 0 heterocycles. The smallest absolute Gasteiger partial charge is 0.0110 e. The Kier molecular flexibility index (Phi) is 4.15. The van der Waals surface area contributed by atoms with Crippen LogP contribution in [-0.2, 0) is 0 Å². The van der Waals surface area contributed by atoms with E-state index in [1.807, 2.05) is 0 Å². The van der Waals surface area contributed by atoms with Gasteiger partial charge in [-0.25, -0.2) is 0 Å². The second kappa shape index (κ2) is 5.18. The van der Waals surface area contributed by atoms with E-state index in [1.165, 1.54) is 44.9 Å². The molecule has 1 spiro atoms. The zero-order valence-electron chi connectivity index (χ0n) is 9.23. The van der Waals surface area contributed by atoms with Crippen LogP contribution in [0, 0.1) is 5.41 Å². The van der Waals surface area contributed by atoms with Crippen molar-refractivity contribution in [2.24, 2.45) is 5.41 Å². The van der Waals surface area contributed by atoms with Crippen molar-refractivity contribution in [3.63, 3.8) is 0 Å². The second-order valence-corrected chi connectivity index (χ2v) is 7.20. The predicted molar refractivity (Wildman–Crippen MR) is 71.0 cm³/mol. The lowest BCUT2D eigenvalue weighted by molar-refractivity contribution is 0.144. The Morgan fingerprint density at radius 2 is 1.21 bits per heavy atom. The first-order chi connectivity index (χ1) is 6.81. The monoisotopic (exact) mass is 306 g/mol. The second-order valence-electron chi connectivity index (χ2n) is 5.44. The molecule has 0 atom stereocenters. The van der Waals surface area contributed by atoms with E-state index < -0.39 is 0 Å². The van der Waals surface area contributed by atoms with E-state index in [1.54, 1.807) is 25.7 Å². The van der Waals surface area contributed by atoms with Gasteiger partial charge in [0, 0.05) is 3.92 Å². The molecule has 0 radical (unpaired) electrons. The maximum absolute atomic E-state index is 2.65. The highest BCUT2D eigenvalue weighted by atomic mass is 127. The van der Waals surface area contributed by atoms with Crippen molar-refractivity contribution >= 4 is 22.6 Å². The van der Waals surface area contributed by atoms with Gasteiger partial charge in [-0.1, -0.05) is 54.7 Å². The van der Waals surface area contributed by atoms with E-state index >= 15 is 0 Å².